The Hall–Kier alpha value is -1.60. The van der Waals surface area contributed by atoms with E-state index in [-0.39, 0.29) is 11.7 Å². The van der Waals surface area contributed by atoms with Crippen LogP contribution in [-0.2, 0) is 21.2 Å². The summed E-state index contributed by atoms with van der Waals surface area (Å²) < 4.78 is 30.4. The zero-order valence-corrected chi connectivity index (χ0v) is 13.8. The van der Waals surface area contributed by atoms with Crippen molar-refractivity contribution in [1.82, 2.24) is 5.32 Å². The Kier molecular flexibility index (Phi) is 5.42. The van der Waals surface area contributed by atoms with E-state index in [9.17, 15) is 13.2 Å². The number of ether oxygens (including phenoxy) is 1. The van der Waals surface area contributed by atoms with Crippen LogP contribution < -0.4 is 9.62 Å². The van der Waals surface area contributed by atoms with Crippen molar-refractivity contribution in [3.05, 3.63) is 29.3 Å². The number of fused-ring (bicyclic) bond motifs is 1. The van der Waals surface area contributed by atoms with Gasteiger partial charge in [-0.3, -0.25) is 9.10 Å². The molecule has 0 bridgehead atoms. The molecule has 0 radical (unpaired) electrons. The second-order valence-electron chi connectivity index (χ2n) is 5.17. The van der Waals surface area contributed by atoms with Gasteiger partial charge in [0.25, 0.3) is 5.91 Å². The Morgan fingerprint density at radius 1 is 1.41 bits per heavy atom. The highest BCUT2D eigenvalue weighted by atomic mass is 32.2. The van der Waals surface area contributed by atoms with Crippen LogP contribution >= 0.6 is 0 Å². The number of carbonyl (C=O) groups is 1. The molecule has 1 aromatic rings. The van der Waals surface area contributed by atoms with Gasteiger partial charge in [0, 0.05) is 32.4 Å². The summed E-state index contributed by atoms with van der Waals surface area (Å²) in [7, 11) is -1.62. The first-order valence-corrected chi connectivity index (χ1v) is 9.01. The monoisotopic (exact) mass is 326 g/mol. The van der Waals surface area contributed by atoms with Crippen molar-refractivity contribution in [3.8, 4) is 0 Å². The van der Waals surface area contributed by atoms with Crippen LogP contribution in [0.2, 0.25) is 0 Å². The van der Waals surface area contributed by atoms with Crippen molar-refractivity contribution in [2.75, 3.05) is 36.9 Å². The van der Waals surface area contributed by atoms with Crippen molar-refractivity contribution in [2.45, 2.75) is 19.8 Å². The van der Waals surface area contributed by atoms with E-state index in [1.54, 1.807) is 32.2 Å². The highest BCUT2D eigenvalue weighted by Gasteiger charge is 2.28. The number of methoxy groups -OCH3 is 1. The van der Waals surface area contributed by atoms with Crippen LogP contribution in [0.1, 0.15) is 29.3 Å². The molecule has 1 aliphatic rings. The minimum absolute atomic E-state index is 0.0776. The summed E-state index contributed by atoms with van der Waals surface area (Å²) in [6.07, 6.45) is 1.40. The fourth-order valence-electron chi connectivity index (χ4n) is 2.48. The Morgan fingerprint density at radius 3 is 2.86 bits per heavy atom. The molecule has 1 amide bonds. The molecule has 0 aliphatic carbocycles. The van der Waals surface area contributed by atoms with E-state index in [0.717, 1.165) is 12.0 Å². The Balaban J connectivity index is 2.09. The molecule has 0 saturated carbocycles. The number of anilines is 1. The quantitative estimate of drug-likeness (QED) is 0.763. The van der Waals surface area contributed by atoms with Crippen LogP contribution in [0.4, 0.5) is 5.69 Å². The van der Waals surface area contributed by atoms with Gasteiger partial charge in [-0.2, -0.15) is 0 Å². The summed E-state index contributed by atoms with van der Waals surface area (Å²) in [6, 6.07) is 5.18. The molecule has 0 saturated heterocycles. The number of nitrogens with zero attached hydrogens (tertiary/aromatic N) is 1. The summed E-state index contributed by atoms with van der Waals surface area (Å²) in [4.78, 5) is 12.1. The normalized spacial score (nSPS) is 14.0. The third kappa shape index (κ3) is 3.59. The molecule has 122 valence electrons. The molecule has 1 N–H and O–H groups in total. The molecule has 1 heterocycles. The summed E-state index contributed by atoms with van der Waals surface area (Å²) in [5.74, 6) is -0.0653. The topological polar surface area (TPSA) is 75.7 Å². The number of amides is 1. The van der Waals surface area contributed by atoms with Gasteiger partial charge in [0.2, 0.25) is 10.0 Å². The Bertz CT molecular complexity index is 643. The fourth-order valence-corrected chi connectivity index (χ4v) is 3.64. The average Bonchev–Trinajstić information content (AvgIpc) is 2.95. The maximum atomic E-state index is 12.1. The van der Waals surface area contributed by atoms with Gasteiger partial charge in [-0.25, -0.2) is 8.42 Å². The second-order valence-corrected chi connectivity index (χ2v) is 7.35. The molecule has 0 unspecified atom stereocenters. The molecule has 7 heteroatoms. The zero-order valence-electron chi connectivity index (χ0n) is 13.0. The highest BCUT2D eigenvalue weighted by molar-refractivity contribution is 7.92. The third-order valence-corrected chi connectivity index (χ3v) is 5.49. The molecular formula is C15H22N2O4S. The summed E-state index contributed by atoms with van der Waals surface area (Å²) in [5, 5.41) is 2.83. The summed E-state index contributed by atoms with van der Waals surface area (Å²) in [6.45, 7) is 3.24. The number of hydrogen-bond donors (Lipinski definition) is 1. The van der Waals surface area contributed by atoms with Gasteiger partial charge in [0.1, 0.15) is 0 Å². The molecular weight excluding hydrogens is 304 g/mol. The van der Waals surface area contributed by atoms with Crippen LogP contribution in [0.25, 0.3) is 0 Å². The van der Waals surface area contributed by atoms with Crippen LogP contribution in [-0.4, -0.2) is 46.9 Å². The van der Waals surface area contributed by atoms with Crippen LogP contribution in [0, 0.1) is 0 Å². The number of benzene rings is 1. The van der Waals surface area contributed by atoms with Crippen molar-refractivity contribution in [2.24, 2.45) is 0 Å². The maximum absolute atomic E-state index is 12.1. The number of carbonyl (C=O) groups excluding carboxylic acids is 1. The van der Waals surface area contributed by atoms with Crippen LogP contribution in [0.15, 0.2) is 18.2 Å². The number of rotatable bonds is 7. The largest absolute Gasteiger partial charge is 0.385 e. The molecule has 2 rings (SSSR count). The molecule has 1 aromatic carbocycles. The zero-order chi connectivity index (χ0) is 16.2. The molecule has 0 fully saturated rings. The maximum Gasteiger partial charge on any atom is 0.251 e. The van der Waals surface area contributed by atoms with Gasteiger partial charge < -0.3 is 10.1 Å². The predicted molar refractivity (Wildman–Crippen MR) is 85.8 cm³/mol. The lowest BCUT2D eigenvalue weighted by Gasteiger charge is -2.18. The number of nitrogens with one attached hydrogen (secondary N) is 1. The molecule has 0 aromatic heterocycles. The van der Waals surface area contributed by atoms with Crippen molar-refractivity contribution >= 4 is 21.6 Å². The van der Waals surface area contributed by atoms with Crippen molar-refractivity contribution in [1.29, 1.82) is 0 Å². The predicted octanol–water partition coefficient (Wildman–Crippen LogP) is 1.17. The highest BCUT2D eigenvalue weighted by Crippen LogP contribution is 2.31. The lowest BCUT2D eigenvalue weighted by atomic mass is 10.1. The van der Waals surface area contributed by atoms with E-state index in [4.69, 9.17) is 4.74 Å². The van der Waals surface area contributed by atoms with Gasteiger partial charge >= 0.3 is 0 Å². The molecule has 0 spiro atoms. The first-order valence-electron chi connectivity index (χ1n) is 7.40. The van der Waals surface area contributed by atoms with Gasteiger partial charge in [-0.1, -0.05) is 0 Å². The van der Waals surface area contributed by atoms with E-state index in [1.807, 2.05) is 0 Å². The molecule has 1 aliphatic heterocycles. The number of hydrogen-bond acceptors (Lipinski definition) is 4. The average molecular weight is 326 g/mol. The first kappa shape index (κ1) is 16.8. The standard InChI is InChI=1S/C15H22N2O4S/c1-3-22(19,20)17-9-7-12-11-13(5-6-14(12)17)15(18)16-8-4-10-21-2/h5-6,11H,3-4,7-10H2,1-2H3,(H,16,18). The summed E-state index contributed by atoms with van der Waals surface area (Å²) in [5.41, 5.74) is 2.16. The van der Waals surface area contributed by atoms with Gasteiger partial charge in [0.15, 0.2) is 0 Å². The minimum atomic E-state index is -3.25. The molecule has 22 heavy (non-hydrogen) atoms. The molecule has 0 atom stereocenters. The van der Waals surface area contributed by atoms with E-state index < -0.39 is 10.0 Å². The lowest BCUT2D eigenvalue weighted by Crippen LogP contribution is -2.30. The summed E-state index contributed by atoms with van der Waals surface area (Å²) >= 11 is 0. The SMILES string of the molecule is CCS(=O)(=O)N1CCc2cc(C(=O)NCCCOC)ccc21. The van der Waals surface area contributed by atoms with E-state index in [2.05, 4.69) is 5.32 Å². The Morgan fingerprint density at radius 2 is 2.18 bits per heavy atom. The second kappa shape index (κ2) is 7.11. The van der Waals surface area contributed by atoms with E-state index in [1.165, 1.54) is 4.31 Å². The van der Waals surface area contributed by atoms with Gasteiger partial charge in [-0.15, -0.1) is 0 Å². The third-order valence-electron chi connectivity index (χ3n) is 3.71. The van der Waals surface area contributed by atoms with Crippen LogP contribution in [0.5, 0.6) is 0 Å². The van der Waals surface area contributed by atoms with E-state index >= 15 is 0 Å². The minimum Gasteiger partial charge on any atom is -0.385 e. The smallest absolute Gasteiger partial charge is 0.251 e. The van der Waals surface area contributed by atoms with Crippen LogP contribution in [0.3, 0.4) is 0 Å². The van der Waals surface area contributed by atoms with Gasteiger partial charge in [-0.05, 0) is 43.5 Å². The first-order chi connectivity index (χ1) is 10.5. The lowest BCUT2D eigenvalue weighted by molar-refractivity contribution is 0.0948. The van der Waals surface area contributed by atoms with Crippen molar-refractivity contribution in [3.63, 3.8) is 0 Å². The Labute approximate surface area is 131 Å². The van der Waals surface area contributed by atoms with Gasteiger partial charge in [0.05, 0.1) is 11.4 Å². The van der Waals surface area contributed by atoms with Crippen molar-refractivity contribution < 1.29 is 17.9 Å². The number of sulfonamides is 1. The van der Waals surface area contributed by atoms with E-state index in [0.29, 0.717) is 37.4 Å². The fraction of sp³-hybridized carbons (Fsp3) is 0.533. The molecule has 6 nitrogen and oxygen atoms in total.